The zero-order valence-electron chi connectivity index (χ0n) is 12.5. The Balaban J connectivity index is 1.91. The summed E-state index contributed by atoms with van der Waals surface area (Å²) in [5.41, 5.74) is 12.3. The number of hydrogen-bond acceptors (Lipinski definition) is 2. The molecule has 0 aliphatic heterocycles. The molecule has 106 valence electrons. The lowest BCUT2D eigenvalue weighted by atomic mass is 9.93. The van der Waals surface area contributed by atoms with E-state index in [0.29, 0.717) is 0 Å². The molecule has 0 saturated carbocycles. The maximum atomic E-state index is 6.43. The Morgan fingerprint density at radius 2 is 1.62 bits per heavy atom. The fourth-order valence-electron chi connectivity index (χ4n) is 2.96. The van der Waals surface area contributed by atoms with Crippen LogP contribution in [0.25, 0.3) is 10.9 Å². The van der Waals surface area contributed by atoms with Gasteiger partial charge in [0.1, 0.15) is 0 Å². The van der Waals surface area contributed by atoms with Gasteiger partial charge in [0.15, 0.2) is 0 Å². The van der Waals surface area contributed by atoms with Crippen molar-refractivity contribution in [2.45, 2.75) is 26.3 Å². The van der Waals surface area contributed by atoms with Crippen molar-refractivity contribution < 1.29 is 0 Å². The van der Waals surface area contributed by atoms with Crippen LogP contribution in [0.5, 0.6) is 0 Å². The van der Waals surface area contributed by atoms with E-state index < -0.39 is 0 Å². The Morgan fingerprint density at radius 3 is 2.38 bits per heavy atom. The van der Waals surface area contributed by atoms with E-state index in [1.807, 2.05) is 18.2 Å². The highest BCUT2D eigenvalue weighted by molar-refractivity contribution is 5.78. The van der Waals surface area contributed by atoms with Gasteiger partial charge in [0.2, 0.25) is 0 Å². The van der Waals surface area contributed by atoms with Gasteiger partial charge in [0.25, 0.3) is 0 Å². The Hall–Kier alpha value is -2.19. The van der Waals surface area contributed by atoms with Gasteiger partial charge in [-0.15, -0.1) is 0 Å². The van der Waals surface area contributed by atoms with Crippen LogP contribution in [0, 0.1) is 13.8 Å². The van der Waals surface area contributed by atoms with Crippen molar-refractivity contribution in [1.29, 1.82) is 0 Å². The number of benzene rings is 2. The Kier molecular flexibility index (Phi) is 3.72. The van der Waals surface area contributed by atoms with Gasteiger partial charge in [0, 0.05) is 23.5 Å². The Morgan fingerprint density at radius 1 is 0.905 bits per heavy atom. The van der Waals surface area contributed by atoms with E-state index in [-0.39, 0.29) is 6.04 Å². The van der Waals surface area contributed by atoms with E-state index in [0.717, 1.165) is 17.6 Å². The molecule has 1 unspecified atom stereocenters. The van der Waals surface area contributed by atoms with Crippen molar-refractivity contribution in [3.63, 3.8) is 0 Å². The van der Waals surface area contributed by atoms with E-state index in [4.69, 9.17) is 10.7 Å². The maximum absolute atomic E-state index is 6.43. The van der Waals surface area contributed by atoms with Gasteiger partial charge in [-0.1, -0.05) is 42.5 Å². The summed E-state index contributed by atoms with van der Waals surface area (Å²) in [6.07, 6.45) is 0.760. The molecule has 1 heterocycles. The lowest BCUT2D eigenvalue weighted by molar-refractivity contribution is 0.699. The minimum absolute atomic E-state index is 0.0140. The van der Waals surface area contributed by atoms with Gasteiger partial charge < -0.3 is 5.73 Å². The predicted molar refractivity (Wildman–Crippen MR) is 88.3 cm³/mol. The standard InChI is InChI=1S/C19H20N2/c1-13-6-5-7-14(2)19(13)17(20)12-16-11-10-15-8-3-4-9-18(15)21-16/h3-11,17H,12,20H2,1-2H3. The molecule has 0 saturated heterocycles. The van der Waals surface area contributed by atoms with Gasteiger partial charge in [0.05, 0.1) is 5.52 Å². The van der Waals surface area contributed by atoms with Gasteiger partial charge in [-0.05, 0) is 42.7 Å². The molecule has 2 aromatic carbocycles. The lowest BCUT2D eigenvalue weighted by Crippen LogP contribution is -2.16. The van der Waals surface area contributed by atoms with Crippen molar-refractivity contribution in [1.82, 2.24) is 4.98 Å². The number of pyridine rings is 1. The second-order valence-electron chi connectivity index (χ2n) is 5.61. The fourth-order valence-corrected chi connectivity index (χ4v) is 2.96. The first-order chi connectivity index (χ1) is 10.1. The van der Waals surface area contributed by atoms with Gasteiger partial charge in [-0.3, -0.25) is 4.98 Å². The first-order valence-corrected chi connectivity index (χ1v) is 7.31. The van der Waals surface area contributed by atoms with Crippen LogP contribution in [-0.4, -0.2) is 4.98 Å². The molecular formula is C19H20N2. The molecule has 1 atom stereocenters. The SMILES string of the molecule is Cc1cccc(C)c1C(N)Cc1ccc2ccccc2n1. The smallest absolute Gasteiger partial charge is 0.0705 e. The van der Waals surface area contributed by atoms with Gasteiger partial charge in [-0.2, -0.15) is 0 Å². The minimum Gasteiger partial charge on any atom is -0.324 e. The quantitative estimate of drug-likeness (QED) is 0.782. The molecule has 0 fully saturated rings. The second-order valence-corrected chi connectivity index (χ2v) is 5.61. The summed E-state index contributed by atoms with van der Waals surface area (Å²) >= 11 is 0. The highest BCUT2D eigenvalue weighted by Gasteiger charge is 2.13. The van der Waals surface area contributed by atoms with Crippen LogP contribution in [0.1, 0.15) is 28.4 Å². The van der Waals surface area contributed by atoms with E-state index in [2.05, 4.69) is 50.2 Å². The molecule has 0 bridgehead atoms. The number of fused-ring (bicyclic) bond motifs is 1. The molecule has 3 rings (SSSR count). The summed E-state index contributed by atoms with van der Waals surface area (Å²) in [6, 6.07) is 18.7. The van der Waals surface area contributed by atoms with E-state index in [1.165, 1.54) is 22.1 Å². The van der Waals surface area contributed by atoms with Crippen molar-refractivity contribution in [2.75, 3.05) is 0 Å². The molecule has 0 amide bonds. The molecule has 0 aliphatic carbocycles. The third-order valence-electron chi connectivity index (χ3n) is 4.00. The maximum Gasteiger partial charge on any atom is 0.0705 e. The summed E-state index contributed by atoms with van der Waals surface area (Å²) in [7, 11) is 0. The van der Waals surface area contributed by atoms with Crippen LogP contribution in [0.2, 0.25) is 0 Å². The zero-order valence-corrected chi connectivity index (χ0v) is 12.5. The van der Waals surface area contributed by atoms with E-state index >= 15 is 0 Å². The van der Waals surface area contributed by atoms with Crippen LogP contribution >= 0.6 is 0 Å². The van der Waals surface area contributed by atoms with E-state index in [9.17, 15) is 0 Å². The highest BCUT2D eigenvalue weighted by Crippen LogP contribution is 2.23. The first-order valence-electron chi connectivity index (χ1n) is 7.31. The van der Waals surface area contributed by atoms with Crippen molar-refractivity contribution in [2.24, 2.45) is 5.73 Å². The number of hydrogen-bond donors (Lipinski definition) is 1. The molecule has 2 heteroatoms. The molecule has 2 nitrogen and oxygen atoms in total. The third kappa shape index (κ3) is 2.81. The van der Waals surface area contributed by atoms with Crippen LogP contribution < -0.4 is 5.73 Å². The number of para-hydroxylation sites is 1. The third-order valence-corrected chi connectivity index (χ3v) is 4.00. The molecule has 0 aliphatic rings. The lowest BCUT2D eigenvalue weighted by Gasteiger charge is -2.17. The van der Waals surface area contributed by atoms with Gasteiger partial charge >= 0.3 is 0 Å². The average molecular weight is 276 g/mol. The topological polar surface area (TPSA) is 38.9 Å². The first kappa shape index (κ1) is 13.8. The van der Waals surface area contributed by atoms with Crippen molar-refractivity contribution >= 4 is 10.9 Å². The number of nitrogens with zero attached hydrogens (tertiary/aromatic N) is 1. The van der Waals surface area contributed by atoms with Crippen LogP contribution in [0.4, 0.5) is 0 Å². The minimum atomic E-state index is -0.0140. The second kappa shape index (κ2) is 5.66. The molecule has 3 aromatic rings. The van der Waals surface area contributed by atoms with Crippen LogP contribution in [-0.2, 0) is 6.42 Å². The van der Waals surface area contributed by atoms with Crippen molar-refractivity contribution in [3.05, 3.63) is 77.0 Å². The van der Waals surface area contributed by atoms with E-state index in [1.54, 1.807) is 0 Å². The highest BCUT2D eigenvalue weighted by atomic mass is 14.7. The molecular weight excluding hydrogens is 256 g/mol. The van der Waals surface area contributed by atoms with Crippen LogP contribution in [0.15, 0.2) is 54.6 Å². The number of rotatable bonds is 3. The number of nitrogens with two attached hydrogens (primary N) is 1. The summed E-state index contributed by atoms with van der Waals surface area (Å²) < 4.78 is 0. The average Bonchev–Trinajstić information content (AvgIpc) is 2.47. The number of aromatic nitrogens is 1. The normalized spacial score (nSPS) is 12.5. The Labute approximate surface area is 125 Å². The summed E-state index contributed by atoms with van der Waals surface area (Å²) in [6.45, 7) is 4.24. The molecule has 0 radical (unpaired) electrons. The summed E-state index contributed by atoms with van der Waals surface area (Å²) in [5, 5.41) is 1.17. The fraction of sp³-hybridized carbons (Fsp3) is 0.211. The summed E-state index contributed by atoms with van der Waals surface area (Å²) in [5.74, 6) is 0. The largest absolute Gasteiger partial charge is 0.324 e. The molecule has 0 spiro atoms. The zero-order chi connectivity index (χ0) is 14.8. The monoisotopic (exact) mass is 276 g/mol. The van der Waals surface area contributed by atoms with Crippen molar-refractivity contribution in [3.8, 4) is 0 Å². The molecule has 1 aromatic heterocycles. The molecule has 21 heavy (non-hydrogen) atoms. The molecule has 2 N–H and O–H groups in total. The number of aryl methyl sites for hydroxylation is 2. The van der Waals surface area contributed by atoms with Crippen LogP contribution in [0.3, 0.4) is 0 Å². The Bertz CT molecular complexity index is 757. The predicted octanol–water partition coefficient (Wildman–Crippen LogP) is 4.09. The van der Waals surface area contributed by atoms with Gasteiger partial charge in [-0.25, -0.2) is 0 Å². The summed E-state index contributed by atoms with van der Waals surface area (Å²) in [4.78, 5) is 4.72.